The van der Waals surface area contributed by atoms with Crippen molar-refractivity contribution in [1.82, 2.24) is 0 Å². The normalized spacial score (nSPS) is 32.2. The summed E-state index contributed by atoms with van der Waals surface area (Å²) in [5, 5.41) is 18.7. The molecule has 5 heteroatoms. The van der Waals surface area contributed by atoms with E-state index in [4.69, 9.17) is 0 Å². The highest BCUT2D eigenvalue weighted by Crippen LogP contribution is 2.21. The summed E-state index contributed by atoms with van der Waals surface area (Å²) in [5.41, 5.74) is -1.99. The van der Waals surface area contributed by atoms with Gasteiger partial charge in [0.25, 0.3) is 0 Å². The molecule has 0 saturated heterocycles. The second-order valence-corrected chi connectivity index (χ2v) is 2.87. The molecule has 13 heavy (non-hydrogen) atoms. The molecule has 1 aliphatic carbocycles. The third-order valence-electron chi connectivity index (χ3n) is 1.84. The van der Waals surface area contributed by atoms with E-state index in [0.29, 0.717) is 0 Å². The molecule has 0 aromatic rings. The van der Waals surface area contributed by atoms with Crippen molar-refractivity contribution in [2.24, 2.45) is 0 Å². The third-order valence-corrected chi connectivity index (χ3v) is 1.84. The first-order valence-electron chi connectivity index (χ1n) is 3.73. The van der Waals surface area contributed by atoms with Gasteiger partial charge in [-0.1, -0.05) is 0 Å². The van der Waals surface area contributed by atoms with E-state index >= 15 is 0 Å². The van der Waals surface area contributed by atoms with Crippen molar-refractivity contribution in [3.05, 3.63) is 12.2 Å². The highest BCUT2D eigenvalue weighted by atomic mass is 16.5. The van der Waals surface area contributed by atoms with Crippen LogP contribution < -0.4 is 0 Å². The van der Waals surface area contributed by atoms with Crippen molar-refractivity contribution < 1.29 is 24.5 Å². The molecule has 0 aliphatic heterocycles. The molecular formula is C8H10O5. The third kappa shape index (κ3) is 1.76. The molecule has 0 aromatic carbocycles. The summed E-state index contributed by atoms with van der Waals surface area (Å²) in [6.45, 7) is 0.637. The number of carbonyl (C=O) groups is 2. The molecular weight excluding hydrogens is 176 g/mol. The maximum atomic E-state index is 11.0. The summed E-state index contributed by atoms with van der Waals surface area (Å²) in [6.07, 6.45) is 0.916. The van der Waals surface area contributed by atoms with Crippen molar-refractivity contribution in [3.63, 3.8) is 0 Å². The number of ether oxygens (including phenoxy) is 1. The number of esters is 1. The van der Waals surface area contributed by atoms with Crippen LogP contribution in [0.2, 0.25) is 0 Å². The molecule has 0 saturated carbocycles. The molecule has 0 radical (unpaired) electrons. The summed E-state index contributed by atoms with van der Waals surface area (Å²) in [5.74, 6) is -1.26. The fourth-order valence-electron chi connectivity index (χ4n) is 0.996. The van der Waals surface area contributed by atoms with Gasteiger partial charge in [0, 0.05) is 6.92 Å². The summed E-state index contributed by atoms with van der Waals surface area (Å²) in [6, 6.07) is 0. The number of rotatable bonds is 2. The van der Waals surface area contributed by atoms with Crippen molar-refractivity contribution in [2.45, 2.75) is 18.6 Å². The van der Waals surface area contributed by atoms with E-state index < -0.39 is 30.1 Å². The van der Waals surface area contributed by atoms with Crippen molar-refractivity contribution in [3.8, 4) is 0 Å². The van der Waals surface area contributed by atoms with Gasteiger partial charge >= 0.3 is 5.97 Å². The fourth-order valence-corrected chi connectivity index (χ4v) is 0.996. The zero-order valence-electron chi connectivity index (χ0n) is 7.06. The molecule has 0 fully saturated rings. The van der Waals surface area contributed by atoms with Gasteiger partial charge in [0.1, 0.15) is 12.7 Å². The van der Waals surface area contributed by atoms with E-state index in [2.05, 4.69) is 4.74 Å². The molecule has 0 spiro atoms. The Balaban J connectivity index is 2.65. The van der Waals surface area contributed by atoms with Crippen LogP contribution in [0.25, 0.3) is 0 Å². The van der Waals surface area contributed by atoms with Gasteiger partial charge < -0.3 is 14.9 Å². The fraction of sp³-hybridized carbons (Fsp3) is 0.500. The van der Waals surface area contributed by atoms with Crippen molar-refractivity contribution in [1.29, 1.82) is 0 Å². The average Bonchev–Trinajstić information content (AvgIpc) is 2.31. The quantitative estimate of drug-likeness (QED) is 0.528. The molecule has 0 unspecified atom stereocenters. The van der Waals surface area contributed by atoms with Crippen LogP contribution in [0, 0.1) is 0 Å². The van der Waals surface area contributed by atoms with Gasteiger partial charge in [0.2, 0.25) is 0 Å². The molecule has 2 atom stereocenters. The minimum absolute atomic E-state index is 0.519. The highest BCUT2D eigenvalue weighted by molar-refractivity contribution is 6.00. The maximum Gasteiger partial charge on any atom is 0.302 e. The van der Waals surface area contributed by atoms with Crippen LogP contribution in [0.1, 0.15) is 6.92 Å². The van der Waals surface area contributed by atoms with Crippen LogP contribution in [-0.4, -0.2) is 40.3 Å². The Hall–Kier alpha value is -1.20. The van der Waals surface area contributed by atoms with E-state index in [1.807, 2.05) is 0 Å². The van der Waals surface area contributed by atoms with E-state index in [1.165, 1.54) is 0 Å². The van der Waals surface area contributed by atoms with Gasteiger partial charge in [-0.25, -0.2) is 0 Å². The number of aliphatic hydroxyl groups excluding tert-OH is 1. The zero-order chi connectivity index (χ0) is 10.1. The molecule has 1 rings (SSSR count). The van der Waals surface area contributed by atoms with E-state index in [1.54, 1.807) is 0 Å². The van der Waals surface area contributed by atoms with Gasteiger partial charge in [0.15, 0.2) is 11.4 Å². The predicted molar refractivity (Wildman–Crippen MR) is 41.7 cm³/mol. The second-order valence-electron chi connectivity index (χ2n) is 2.87. The van der Waals surface area contributed by atoms with E-state index in [0.717, 1.165) is 19.1 Å². The molecule has 2 N–H and O–H groups in total. The Labute approximate surface area is 74.6 Å². The van der Waals surface area contributed by atoms with E-state index in [9.17, 15) is 19.8 Å². The average molecular weight is 186 g/mol. The summed E-state index contributed by atoms with van der Waals surface area (Å²) in [4.78, 5) is 21.4. The van der Waals surface area contributed by atoms with Crippen LogP contribution in [0.3, 0.4) is 0 Å². The van der Waals surface area contributed by atoms with Gasteiger partial charge in [0.05, 0.1) is 0 Å². The molecule has 1 aliphatic rings. The molecule has 5 nitrogen and oxygen atoms in total. The Morgan fingerprint density at radius 1 is 1.77 bits per heavy atom. The number of ketones is 1. The van der Waals surface area contributed by atoms with Gasteiger partial charge in [-0.15, -0.1) is 0 Å². The van der Waals surface area contributed by atoms with Crippen LogP contribution in [0.4, 0.5) is 0 Å². The standard InChI is InChI=1S/C8H10O5/c1-5(9)13-4-8(12)6(10)2-3-7(8)11/h2-3,6,10,12H,4H2,1H3/t6-,8+/m1/s1. The Kier molecular flexibility index (Phi) is 2.49. The maximum absolute atomic E-state index is 11.0. The zero-order valence-corrected chi connectivity index (χ0v) is 7.06. The summed E-state index contributed by atoms with van der Waals surface area (Å²) < 4.78 is 4.46. The van der Waals surface area contributed by atoms with Crippen molar-refractivity contribution in [2.75, 3.05) is 6.61 Å². The van der Waals surface area contributed by atoms with Crippen LogP contribution >= 0.6 is 0 Å². The smallest absolute Gasteiger partial charge is 0.302 e. The SMILES string of the molecule is CC(=O)OC[C@@]1(O)C(=O)C=C[C@H]1O. The first-order chi connectivity index (χ1) is 5.97. The van der Waals surface area contributed by atoms with Crippen LogP contribution in [0.5, 0.6) is 0 Å². The van der Waals surface area contributed by atoms with E-state index in [-0.39, 0.29) is 0 Å². The van der Waals surface area contributed by atoms with Gasteiger partial charge in [-0.2, -0.15) is 0 Å². The number of carbonyl (C=O) groups excluding carboxylic acids is 2. The second kappa shape index (κ2) is 3.27. The monoisotopic (exact) mass is 186 g/mol. The number of aliphatic hydroxyl groups is 2. The lowest BCUT2D eigenvalue weighted by Crippen LogP contribution is -2.48. The minimum atomic E-state index is -1.99. The Morgan fingerprint density at radius 2 is 2.38 bits per heavy atom. The Morgan fingerprint density at radius 3 is 2.77 bits per heavy atom. The molecule has 0 bridgehead atoms. The lowest BCUT2D eigenvalue weighted by molar-refractivity contribution is -0.160. The first kappa shape index (κ1) is 9.88. The summed E-state index contributed by atoms with van der Waals surface area (Å²) in [7, 11) is 0. The topological polar surface area (TPSA) is 83.8 Å². The largest absolute Gasteiger partial charge is 0.462 e. The molecule has 0 aromatic heterocycles. The van der Waals surface area contributed by atoms with Crippen molar-refractivity contribution >= 4 is 11.8 Å². The number of hydrogen-bond acceptors (Lipinski definition) is 5. The predicted octanol–water partition coefficient (Wildman–Crippen LogP) is -1.22. The van der Waals surface area contributed by atoms with Gasteiger partial charge in [-0.05, 0) is 12.2 Å². The van der Waals surface area contributed by atoms with Gasteiger partial charge in [-0.3, -0.25) is 9.59 Å². The first-order valence-corrected chi connectivity index (χ1v) is 3.73. The van der Waals surface area contributed by atoms with Crippen LogP contribution in [-0.2, 0) is 14.3 Å². The highest BCUT2D eigenvalue weighted by Gasteiger charge is 2.45. The lowest BCUT2D eigenvalue weighted by atomic mass is 9.99. The lowest BCUT2D eigenvalue weighted by Gasteiger charge is -2.23. The summed E-state index contributed by atoms with van der Waals surface area (Å²) >= 11 is 0. The van der Waals surface area contributed by atoms with Crippen LogP contribution in [0.15, 0.2) is 12.2 Å². The minimum Gasteiger partial charge on any atom is -0.462 e. The number of hydrogen-bond donors (Lipinski definition) is 2. The Bertz CT molecular complexity index is 270. The molecule has 0 amide bonds. The molecule has 72 valence electrons. The molecule has 0 heterocycles.